The molecule has 1 aliphatic heterocycles. The van der Waals surface area contributed by atoms with Crippen molar-refractivity contribution in [2.75, 3.05) is 13.7 Å². The Hall–Kier alpha value is -1.46. The van der Waals surface area contributed by atoms with E-state index < -0.39 is 0 Å². The van der Waals surface area contributed by atoms with Gasteiger partial charge < -0.3 is 10.5 Å². The van der Waals surface area contributed by atoms with Crippen molar-refractivity contribution < 1.29 is 9.53 Å². The average molecular weight is 292 g/mol. The number of ether oxygens (including phenoxy) is 1. The molecule has 0 radical (unpaired) electrons. The summed E-state index contributed by atoms with van der Waals surface area (Å²) < 4.78 is 4.69. The summed E-state index contributed by atoms with van der Waals surface area (Å²) in [5.41, 5.74) is 7.55. The predicted molar refractivity (Wildman–Crippen MR) is 82.6 cm³/mol. The first-order chi connectivity index (χ1) is 9.61. The van der Waals surface area contributed by atoms with Crippen LogP contribution in [0.15, 0.2) is 24.3 Å². The topological polar surface area (TPSA) is 55.6 Å². The van der Waals surface area contributed by atoms with Crippen LogP contribution in [0.5, 0.6) is 0 Å². The summed E-state index contributed by atoms with van der Waals surface area (Å²) in [4.78, 5) is 14.3. The first kappa shape index (κ1) is 14.9. The molecule has 0 aliphatic carbocycles. The maximum absolute atomic E-state index is 11.4. The molecule has 108 valence electrons. The van der Waals surface area contributed by atoms with Gasteiger partial charge in [0.05, 0.1) is 23.7 Å². The van der Waals surface area contributed by atoms with Gasteiger partial charge in [0.2, 0.25) is 0 Å². The highest BCUT2D eigenvalue weighted by molar-refractivity contribution is 7.80. The van der Waals surface area contributed by atoms with Crippen molar-refractivity contribution in [3.05, 3.63) is 35.4 Å². The number of esters is 1. The predicted octanol–water partition coefficient (Wildman–Crippen LogP) is 2.11. The van der Waals surface area contributed by atoms with Crippen molar-refractivity contribution in [2.24, 2.45) is 5.73 Å². The first-order valence-electron chi connectivity index (χ1n) is 6.82. The highest BCUT2D eigenvalue weighted by atomic mass is 32.1. The van der Waals surface area contributed by atoms with Crippen LogP contribution in [0.25, 0.3) is 0 Å². The van der Waals surface area contributed by atoms with E-state index in [2.05, 4.69) is 4.90 Å². The number of hydrogen-bond acceptors (Lipinski definition) is 4. The monoisotopic (exact) mass is 292 g/mol. The number of benzene rings is 1. The zero-order valence-corrected chi connectivity index (χ0v) is 12.5. The fraction of sp³-hybridized carbons (Fsp3) is 0.467. The molecular formula is C15H20N2O2S. The molecule has 1 aromatic rings. The van der Waals surface area contributed by atoms with Crippen LogP contribution in [0.1, 0.15) is 35.2 Å². The summed E-state index contributed by atoms with van der Waals surface area (Å²) in [6.07, 6.45) is 3.40. The Bertz CT molecular complexity index is 487. The molecule has 1 saturated heterocycles. The number of carbonyl (C=O) groups excluding carboxylic acids is 1. The second kappa shape index (κ2) is 6.81. The lowest BCUT2D eigenvalue weighted by Gasteiger charge is -2.35. The van der Waals surface area contributed by atoms with Gasteiger partial charge >= 0.3 is 5.97 Å². The number of carbonyl (C=O) groups is 1. The second-order valence-corrected chi connectivity index (χ2v) is 5.54. The van der Waals surface area contributed by atoms with Crippen LogP contribution in [-0.4, -0.2) is 35.6 Å². The van der Waals surface area contributed by atoms with E-state index in [-0.39, 0.29) is 12.0 Å². The first-order valence-corrected chi connectivity index (χ1v) is 7.23. The molecule has 4 nitrogen and oxygen atoms in total. The van der Waals surface area contributed by atoms with Crippen molar-refractivity contribution in [1.29, 1.82) is 0 Å². The van der Waals surface area contributed by atoms with Crippen LogP contribution in [0, 0.1) is 0 Å². The molecule has 2 N–H and O–H groups in total. The summed E-state index contributed by atoms with van der Waals surface area (Å²) in [6, 6.07) is 7.69. The van der Waals surface area contributed by atoms with Crippen LogP contribution < -0.4 is 5.73 Å². The molecule has 5 heteroatoms. The molecule has 1 aromatic carbocycles. The van der Waals surface area contributed by atoms with Crippen LogP contribution >= 0.6 is 12.2 Å². The fourth-order valence-corrected chi connectivity index (χ4v) is 2.87. The van der Waals surface area contributed by atoms with Gasteiger partial charge in [-0.1, -0.05) is 30.8 Å². The maximum atomic E-state index is 11.4. The van der Waals surface area contributed by atoms with Crippen LogP contribution in [0.3, 0.4) is 0 Å². The molecule has 1 atom stereocenters. The van der Waals surface area contributed by atoms with E-state index in [4.69, 9.17) is 22.7 Å². The van der Waals surface area contributed by atoms with Crippen LogP contribution in [0.2, 0.25) is 0 Å². The summed E-state index contributed by atoms with van der Waals surface area (Å²) >= 11 is 5.15. The van der Waals surface area contributed by atoms with Gasteiger partial charge in [0, 0.05) is 6.54 Å². The Labute approximate surface area is 124 Å². The van der Waals surface area contributed by atoms with E-state index in [1.165, 1.54) is 20.0 Å². The summed E-state index contributed by atoms with van der Waals surface area (Å²) in [6.45, 7) is 1.82. The second-order valence-electron chi connectivity index (χ2n) is 5.07. The van der Waals surface area contributed by atoms with Crippen molar-refractivity contribution in [1.82, 2.24) is 4.90 Å². The third kappa shape index (κ3) is 3.55. The Morgan fingerprint density at radius 3 is 2.70 bits per heavy atom. The number of methoxy groups -OCH3 is 1. The Morgan fingerprint density at radius 1 is 1.40 bits per heavy atom. The third-order valence-corrected chi connectivity index (χ3v) is 3.97. The van der Waals surface area contributed by atoms with Crippen molar-refractivity contribution in [3.8, 4) is 0 Å². The summed E-state index contributed by atoms with van der Waals surface area (Å²) in [7, 11) is 1.39. The number of hydrogen-bond donors (Lipinski definition) is 1. The Morgan fingerprint density at radius 2 is 2.10 bits per heavy atom. The van der Waals surface area contributed by atoms with Crippen molar-refractivity contribution in [2.45, 2.75) is 31.8 Å². The molecule has 1 heterocycles. The molecule has 2 rings (SSSR count). The van der Waals surface area contributed by atoms with Gasteiger partial charge in [-0.2, -0.15) is 0 Å². The molecule has 1 unspecified atom stereocenters. The van der Waals surface area contributed by atoms with E-state index in [0.29, 0.717) is 10.6 Å². The minimum Gasteiger partial charge on any atom is -0.465 e. The summed E-state index contributed by atoms with van der Waals surface area (Å²) in [5, 5.41) is 0. The normalized spacial score (nSPS) is 19.6. The number of nitrogens with zero attached hydrogens (tertiary/aromatic N) is 1. The summed E-state index contributed by atoms with van der Waals surface area (Å²) in [5.74, 6) is -0.310. The van der Waals surface area contributed by atoms with Gasteiger partial charge in [0.15, 0.2) is 0 Å². The molecule has 0 bridgehead atoms. The lowest BCUT2D eigenvalue weighted by molar-refractivity contribution is 0.0600. The standard InChI is InChI=1S/C15H20N2O2S/c1-19-15(18)12-7-5-11(6-8-12)10-17-9-3-2-4-13(17)14(16)20/h5-8,13H,2-4,9-10H2,1H3,(H2,16,20). The molecule has 1 fully saturated rings. The molecule has 0 spiro atoms. The van der Waals surface area contributed by atoms with Gasteiger partial charge in [0.25, 0.3) is 0 Å². The molecule has 0 aromatic heterocycles. The molecular weight excluding hydrogens is 272 g/mol. The largest absolute Gasteiger partial charge is 0.465 e. The Kier molecular flexibility index (Phi) is 5.09. The van der Waals surface area contributed by atoms with E-state index in [9.17, 15) is 4.79 Å². The van der Waals surface area contributed by atoms with E-state index in [1.807, 2.05) is 12.1 Å². The number of likely N-dealkylation sites (tertiary alicyclic amines) is 1. The fourth-order valence-electron chi connectivity index (χ4n) is 2.60. The van der Waals surface area contributed by atoms with Gasteiger partial charge in [-0.15, -0.1) is 0 Å². The van der Waals surface area contributed by atoms with Gasteiger partial charge in [-0.05, 0) is 37.1 Å². The zero-order valence-electron chi connectivity index (χ0n) is 11.7. The smallest absolute Gasteiger partial charge is 0.337 e. The van der Waals surface area contributed by atoms with Crippen molar-refractivity contribution in [3.63, 3.8) is 0 Å². The zero-order chi connectivity index (χ0) is 14.5. The molecule has 0 amide bonds. The van der Waals surface area contributed by atoms with Crippen LogP contribution in [-0.2, 0) is 11.3 Å². The Balaban J connectivity index is 2.05. The maximum Gasteiger partial charge on any atom is 0.337 e. The van der Waals surface area contributed by atoms with E-state index in [0.717, 1.165) is 25.1 Å². The third-order valence-electron chi connectivity index (χ3n) is 3.70. The van der Waals surface area contributed by atoms with Crippen molar-refractivity contribution >= 4 is 23.2 Å². The molecule has 20 heavy (non-hydrogen) atoms. The molecule has 1 aliphatic rings. The highest BCUT2D eigenvalue weighted by Gasteiger charge is 2.24. The lowest BCUT2D eigenvalue weighted by Crippen LogP contribution is -2.46. The minimum absolute atomic E-state index is 0.194. The number of nitrogens with two attached hydrogens (primary N) is 1. The number of piperidine rings is 1. The number of thiocarbonyl (C=S) groups is 1. The number of rotatable bonds is 4. The minimum atomic E-state index is -0.310. The van der Waals surface area contributed by atoms with Gasteiger partial charge in [0.1, 0.15) is 0 Å². The van der Waals surface area contributed by atoms with Gasteiger partial charge in [-0.3, -0.25) is 4.90 Å². The molecule has 0 saturated carbocycles. The highest BCUT2D eigenvalue weighted by Crippen LogP contribution is 2.20. The van der Waals surface area contributed by atoms with Gasteiger partial charge in [-0.25, -0.2) is 4.79 Å². The SMILES string of the molecule is COC(=O)c1ccc(CN2CCCCC2C(N)=S)cc1. The van der Waals surface area contributed by atoms with Crippen LogP contribution in [0.4, 0.5) is 0 Å². The van der Waals surface area contributed by atoms with E-state index >= 15 is 0 Å². The lowest BCUT2D eigenvalue weighted by atomic mass is 10.0. The average Bonchev–Trinajstić information content (AvgIpc) is 2.47. The van der Waals surface area contributed by atoms with E-state index in [1.54, 1.807) is 12.1 Å². The quantitative estimate of drug-likeness (QED) is 0.680.